The predicted octanol–water partition coefficient (Wildman–Crippen LogP) is 4.21. The molecule has 1 aliphatic rings. The quantitative estimate of drug-likeness (QED) is 0.440. The fraction of sp³-hybridized carbons (Fsp3) is 0.217. The molecular formula is C23H18F3N5O. The van der Waals surface area contributed by atoms with Gasteiger partial charge in [0.05, 0.1) is 29.8 Å². The molecule has 1 atom stereocenters. The zero-order valence-electron chi connectivity index (χ0n) is 18.2. The van der Waals surface area contributed by atoms with Gasteiger partial charge in [-0.25, -0.2) is 13.2 Å². The summed E-state index contributed by atoms with van der Waals surface area (Å²) in [7, 11) is 1.65. The van der Waals surface area contributed by atoms with Crippen molar-refractivity contribution in [2.75, 3.05) is 6.54 Å². The van der Waals surface area contributed by atoms with E-state index < -0.39 is 23.5 Å². The molecule has 0 unspecified atom stereocenters. The average molecular weight is 438 g/mol. The Morgan fingerprint density at radius 3 is 2.62 bits per heavy atom. The molecule has 0 N–H and O–H groups in total. The number of rotatable bonds is 2. The second kappa shape index (κ2) is 7.44. The molecule has 0 saturated carbocycles. The Kier molecular flexibility index (Phi) is 4.41. The van der Waals surface area contributed by atoms with Gasteiger partial charge in [-0.3, -0.25) is 19.4 Å². The minimum atomic E-state index is -1.51. The van der Waals surface area contributed by atoms with Gasteiger partial charge < -0.3 is 4.90 Å². The van der Waals surface area contributed by atoms with Crippen molar-refractivity contribution in [1.82, 2.24) is 24.6 Å². The predicted molar refractivity (Wildman–Crippen MR) is 111 cm³/mol. The van der Waals surface area contributed by atoms with Crippen molar-refractivity contribution >= 4 is 16.9 Å². The summed E-state index contributed by atoms with van der Waals surface area (Å²) < 4.78 is 50.2. The summed E-state index contributed by atoms with van der Waals surface area (Å²) in [5.41, 5.74) is 3.56. The number of carbonyl (C=O) groups is 1. The van der Waals surface area contributed by atoms with Gasteiger partial charge in [0.1, 0.15) is 0 Å². The lowest BCUT2D eigenvalue weighted by Gasteiger charge is -2.33. The molecule has 9 heteroatoms. The largest absolute Gasteiger partial charge is 0.330 e. The second-order valence-corrected chi connectivity index (χ2v) is 7.72. The van der Waals surface area contributed by atoms with E-state index in [0.29, 0.717) is 41.0 Å². The Labute approximate surface area is 182 Å². The van der Waals surface area contributed by atoms with Crippen molar-refractivity contribution in [3.8, 4) is 11.3 Å². The fourth-order valence-electron chi connectivity index (χ4n) is 4.29. The van der Waals surface area contributed by atoms with Crippen molar-refractivity contribution in [3.63, 3.8) is 0 Å². The van der Waals surface area contributed by atoms with Crippen LogP contribution in [0.4, 0.5) is 13.2 Å². The van der Waals surface area contributed by atoms with Crippen LogP contribution in [0.1, 0.15) is 36.0 Å². The molecule has 32 heavy (non-hydrogen) atoms. The first-order valence-electron chi connectivity index (χ1n) is 10.5. The van der Waals surface area contributed by atoms with E-state index in [4.69, 9.17) is 1.37 Å². The Balaban J connectivity index is 1.50. The molecule has 1 amide bonds. The number of aryl methyl sites for hydroxylation is 1. The number of carbonyl (C=O) groups excluding carboxylic acids is 1. The van der Waals surface area contributed by atoms with E-state index in [-0.39, 0.29) is 17.6 Å². The van der Waals surface area contributed by atoms with Crippen LogP contribution in [0.5, 0.6) is 0 Å². The van der Waals surface area contributed by atoms with E-state index in [1.807, 2.05) is 6.92 Å². The van der Waals surface area contributed by atoms with E-state index in [9.17, 15) is 18.0 Å². The van der Waals surface area contributed by atoms with Gasteiger partial charge in [0.2, 0.25) is 0 Å². The van der Waals surface area contributed by atoms with Crippen LogP contribution < -0.4 is 0 Å². The van der Waals surface area contributed by atoms with Crippen molar-refractivity contribution in [2.45, 2.75) is 19.4 Å². The third-order valence-electron chi connectivity index (χ3n) is 5.83. The first-order chi connectivity index (χ1) is 15.7. The molecule has 6 nitrogen and oxygen atoms in total. The van der Waals surface area contributed by atoms with Crippen molar-refractivity contribution in [1.29, 1.82) is 0 Å². The van der Waals surface area contributed by atoms with Crippen molar-refractivity contribution in [2.24, 2.45) is 7.05 Å². The number of hydrogen-bond donors (Lipinski definition) is 0. The smallest absolute Gasteiger partial charge is 0.254 e. The third-order valence-corrected chi connectivity index (χ3v) is 5.83. The van der Waals surface area contributed by atoms with E-state index in [2.05, 4.69) is 15.1 Å². The Hall–Kier alpha value is -3.75. The van der Waals surface area contributed by atoms with Gasteiger partial charge in [-0.2, -0.15) is 5.10 Å². The Bertz CT molecular complexity index is 1410. The van der Waals surface area contributed by atoms with Gasteiger partial charge in [-0.15, -0.1) is 0 Å². The van der Waals surface area contributed by atoms with Gasteiger partial charge in [-0.1, -0.05) is 0 Å². The van der Waals surface area contributed by atoms with Gasteiger partial charge in [-0.05, 0) is 43.7 Å². The second-order valence-electron chi connectivity index (χ2n) is 7.72. The molecule has 0 fully saturated rings. The first kappa shape index (κ1) is 19.0. The van der Waals surface area contributed by atoms with Gasteiger partial charge in [0, 0.05) is 42.7 Å². The maximum Gasteiger partial charge on any atom is 0.254 e. The molecule has 3 heterocycles. The van der Waals surface area contributed by atoms with E-state index in [1.54, 1.807) is 30.1 Å². The highest BCUT2D eigenvalue weighted by atomic mass is 19.2. The Morgan fingerprint density at radius 2 is 1.88 bits per heavy atom. The molecule has 2 aromatic heterocycles. The molecular weight excluding hydrogens is 419 g/mol. The van der Waals surface area contributed by atoms with E-state index in [1.165, 1.54) is 10.9 Å². The Morgan fingerprint density at radius 1 is 1.12 bits per heavy atom. The lowest BCUT2D eigenvalue weighted by molar-refractivity contribution is 0.0674. The summed E-state index contributed by atoms with van der Waals surface area (Å²) in [6.07, 6.45) is 1.79. The average Bonchev–Trinajstić information content (AvgIpc) is 3.13. The SMILES string of the molecule is [2H]c1cnc2cc(C(=O)N3CCc4c(nn(C)c4-c4cc(F)c(F)c(F)c4)[C@@H]3C)ccc2n1. The van der Waals surface area contributed by atoms with Crippen LogP contribution in [0.2, 0.25) is 0 Å². The van der Waals surface area contributed by atoms with Crippen LogP contribution in [-0.4, -0.2) is 37.1 Å². The van der Waals surface area contributed by atoms with Crippen LogP contribution in [-0.2, 0) is 13.5 Å². The zero-order valence-corrected chi connectivity index (χ0v) is 17.2. The monoisotopic (exact) mass is 438 g/mol. The van der Waals surface area contributed by atoms with Gasteiger partial charge in [0.25, 0.3) is 5.91 Å². The molecule has 0 bridgehead atoms. The maximum absolute atomic E-state index is 13.8. The standard InChI is InChI=1S/C23H18F3N5O/c1-12-21-15(22(30(2)29-21)14-9-16(24)20(26)17(25)10-14)5-8-31(12)23(32)13-3-4-18-19(11-13)28-7-6-27-18/h3-4,6-7,9-12H,5,8H2,1-2H3/t12-/m0/s1/i6D. The number of fused-ring (bicyclic) bond motifs is 2. The molecule has 2 aromatic carbocycles. The summed E-state index contributed by atoms with van der Waals surface area (Å²) >= 11 is 0. The third kappa shape index (κ3) is 3.12. The normalized spacial score (nSPS) is 16.2. The number of amides is 1. The minimum absolute atomic E-state index is 0.0469. The molecule has 162 valence electrons. The highest BCUT2D eigenvalue weighted by Gasteiger charge is 2.33. The first-order valence-corrected chi connectivity index (χ1v) is 9.99. The minimum Gasteiger partial charge on any atom is -0.330 e. The van der Waals surface area contributed by atoms with Gasteiger partial charge in [0.15, 0.2) is 17.5 Å². The van der Waals surface area contributed by atoms with E-state index in [0.717, 1.165) is 17.7 Å². The van der Waals surface area contributed by atoms with E-state index >= 15 is 0 Å². The van der Waals surface area contributed by atoms with Gasteiger partial charge >= 0.3 is 0 Å². The molecule has 0 saturated heterocycles. The molecule has 4 aromatic rings. The lowest BCUT2D eigenvalue weighted by atomic mass is 9.95. The molecule has 0 spiro atoms. The highest BCUT2D eigenvalue weighted by molar-refractivity contribution is 5.97. The van der Waals surface area contributed by atoms with Crippen LogP contribution in [0.15, 0.2) is 42.7 Å². The summed E-state index contributed by atoms with van der Waals surface area (Å²) in [6.45, 7) is 2.21. The number of hydrogen-bond acceptors (Lipinski definition) is 4. The molecule has 0 aliphatic carbocycles. The van der Waals surface area contributed by atoms with Crippen LogP contribution in [0.25, 0.3) is 22.3 Å². The summed E-state index contributed by atoms with van der Waals surface area (Å²) in [6, 6.07) is 6.46. The van der Waals surface area contributed by atoms with Crippen molar-refractivity contribution < 1.29 is 19.3 Å². The molecule has 1 aliphatic heterocycles. The lowest BCUT2D eigenvalue weighted by Crippen LogP contribution is -2.38. The fourth-order valence-corrected chi connectivity index (χ4v) is 4.29. The number of nitrogens with zero attached hydrogens (tertiary/aromatic N) is 5. The summed E-state index contributed by atoms with van der Waals surface area (Å²) in [5, 5.41) is 4.52. The summed E-state index contributed by atoms with van der Waals surface area (Å²) in [4.78, 5) is 23.2. The molecule has 0 radical (unpaired) electrons. The number of benzene rings is 2. The van der Waals surface area contributed by atoms with Crippen LogP contribution >= 0.6 is 0 Å². The maximum atomic E-state index is 13.8. The van der Waals surface area contributed by atoms with Crippen LogP contribution in [0.3, 0.4) is 0 Å². The van der Waals surface area contributed by atoms with Crippen molar-refractivity contribution in [3.05, 3.63) is 77.0 Å². The summed E-state index contributed by atoms with van der Waals surface area (Å²) in [5.74, 6) is -4.26. The zero-order chi connectivity index (χ0) is 23.4. The number of aromatic nitrogens is 4. The molecule has 5 rings (SSSR count). The topological polar surface area (TPSA) is 63.9 Å². The van der Waals surface area contributed by atoms with Crippen LogP contribution in [0, 0.1) is 17.5 Å². The number of halogens is 3. The highest BCUT2D eigenvalue weighted by Crippen LogP contribution is 2.36.